The van der Waals surface area contributed by atoms with Crippen molar-refractivity contribution in [3.05, 3.63) is 97.7 Å². The van der Waals surface area contributed by atoms with Crippen LogP contribution in [0.2, 0.25) is 5.02 Å². The predicted octanol–water partition coefficient (Wildman–Crippen LogP) is 6.42. The molecule has 2 aliphatic heterocycles. The SMILES string of the molecule is Cc1cc2c(c3c1C(=O)/C(=C\c1ccc(Br)cc1)O3)CN(CCc1ccc(Cl)cc1)CO2. The number of allylic oxidation sites excluding steroid dienone is 1. The van der Waals surface area contributed by atoms with Crippen molar-refractivity contribution in [3.8, 4) is 11.5 Å². The number of nitrogens with zero attached hydrogens (tertiary/aromatic N) is 1. The molecule has 162 valence electrons. The minimum Gasteiger partial charge on any atom is -0.478 e. The van der Waals surface area contributed by atoms with Crippen molar-refractivity contribution >= 4 is 39.4 Å². The zero-order chi connectivity index (χ0) is 22.2. The quantitative estimate of drug-likeness (QED) is 0.380. The Hall–Kier alpha value is -2.60. The van der Waals surface area contributed by atoms with Crippen LogP contribution in [0.25, 0.3) is 6.08 Å². The molecule has 0 unspecified atom stereocenters. The van der Waals surface area contributed by atoms with Gasteiger partial charge in [0.25, 0.3) is 0 Å². The van der Waals surface area contributed by atoms with Crippen LogP contribution in [-0.4, -0.2) is 24.0 Å². The largest absolute Gasteiger partial charge is 0.478 e. The Morgan fingerprint density at radius 3 is 2.62 bits per heavy atom. The predicted molar refractivity (Wildman–Crippen MR) is 129 cm³/mol. The molecule has 2 aliphatic rings. The number of rotatable bonds is 4. The average molecular weight is 511 g/mol. The van der Waals surface area contributed by atoms with E-state index in [2.05, 4.69) is 20.8 Å². The van der Waals surface area contributed by atoms with Gasteiger partial charge in [0.1, 0.15) is 18.2 Å². The third kappa shape index (κ3) is 4.20. The molecule has 3 aromatic rings. The molecule has 0 aromatic heterocycles. The molecule has 6 heteroatoms. The number of Topliss-reactive ketones (excluding diaryl/α,β-unsaturated/α-hetero) is 1. The highest BCUT2D eigenvalue weighted by Gasteiger charge is 2.35. The van der Waals surface area contributed by atoms with Crippen LogP contribution in [0.1, 0.15) is 32.6 Å². The number of fused-ring (bicyclic) bond motifs is 3. The molecule has 0 bridgehead atoms. The van der Waals surface area contributed by atoms with Gasteiger partial charge in [-0.1, -0.05) is 51.8 Å². The van der Waals surface area contributed by atoms with Crippen molar-refractivity contribution in [1.82, 2.24) is 4.90 Å². The molecule has 2 heterocycles. The Morgan fingerprint density at radius 1 is 1.12 bits per heavy atom. The number of carbonyl (C=O) groups excluding carboxylic acids is 1. The van der Waals surface area contributed by atoms with Crippen LogP contribution in [-0.2, 0) is 13.0 Å². The second-order valence-electron chi connectivity index (χ2n) is 8.07. The van der Waals surface area contributed by atoms with Gasteiger partial charge in [0.05, 0.1) is 11.1 Å². The number of aryl methyl sites for hydroxylation is 1. The van der Waals surface area contributed by atoms with Crippen molar-refractivity contribution in [1.29, 1.82) is 0 Å². The molecule has 0 amide bonds. The maximum atomic E-state index is 13.1. The Kier molecular flexibility index (Phi) is 5.80. The normalized spacial score (nSPS) is 16.5. The fourth-order valence-electron chi connectivity index (χ4n) is 4.07. The summed E-state index contributed by atoms with van der Waals surface area (Å²) in [6, 6.07) is 17.6. The summed E-state index contributed by atoms with van der Waals surface area (Å²) in [4.78, 5) is 15.3. The number of ketones is 1. The molecular formula is C26H21BrClNO3. The fourth-order valence-corrected chi connectivity index (χ4v) is 4.46. The second kappa shape index (κ2) is 8.74. The summed E-state index contributed by atoms with van der Waals surface area (Å²) in [7, 11) is 0. The fraction of sp³-hybridized carbons (Fsp3) is 0.192. The first-order valence-corrected chi connectivity index (χ1v) is 11.6. The summed E-state index contributed by atoms with van der Waals surface area (Å²) in [5.41, 5.74) is 4.57. The van der Waals surface area contributed by atoms with Gasteiger partial charge in [-0.2, -0.15) is 0 Å². The van der Waals surface area contributed by atoms with Gasteiger partial charge in [0.15, 0.2) is 5.76 Å². The summed E-state index contributed by atoms with van der Waals surface area (Å²) in [6.45, 7) is 3.94. The molecule has 0 N–H and O–H groups in total. The van der Waals surface area contributed by atoms with Crippen LogP contribution in [0.3, 0.4) is 0 Å². The van der Waals surface area contributed by atoms with E-state index in [1.807, 2.05) is 61.5 Å². The number of hydrogen-bond donors (Lipinski definition) is 0. The number of carbonyl (C=O) groups is 1. The molecule has 3 aromatic carbocycles. The van der Waals surface area contributed by atoms with Gasteiger partial charge in [-0.05, 0) is 66.4 Å². The number of benzene rings is 3. The summed E-state index contributed by atoms with van der Waals surface area (Å²) in [5, 5.41) is 0.740. The summed E-state index contributed by atoms with van der Waals surface area (Å²) >= 11 is 9.42. The first kappa shape index (κ1) is 21.3. The van der Waals surface area contributed by atoms with Gasteiger partial charge in [-0.15, -0.1) is 0 Å². The zero-order valence-corrected chi connectivity index (χ0v) is 19.9. The second-order valence-corrected chi connectivity index (χ2v) is 9.42. The summed E-state index contributed by atoms with van der Waals surface area (Å²) in [5.74, 6) is 1.69. The van der Waals surface area contributed by atoms with Gasteiger partial charge >= 0.3 is 0 Å². The Bertz CT molecular complexity index is 1220. The van der Waals surface area contributed by atoms with Crippen molar-refractivity contribution < 1.29 is 14.3 Å². The molecule has 5 rings (SSSR count). The lowest BCUT2D eigenvalue weighted by Gasteiger charge is -2.30. The smallest absolute Gasteiger partial charge is 0.232 e. The molecule has 0 saturated carbocycles. The van der Waals surface area contributed by atoms with Gasteiger partial charge in [0, 0.05) is 22.6 Å². The first-order chi connectivity index (χ1) is 15.5. The van der Waals surface area contributed by atoms with Gasteiger partial charge < -0.3 is 9.47 Å². The van der Waals surface area contributed by atoms with Gasteiger partial charge in [0.2, 0.25) is 5.78 Å². The van der Waals surface area contributed by atoms with E-state index >= 15 is 0 Å². The molecular weight excluding hydrogens is 490 g/mol. The van der Waals surface area contributed by atoms with E-state index in [9.17, 15) is 4.79 Å². The molecule has 0 saturated heterocycles. The van der Waals surface area contributed by atoms with E-state index in [1.165, 1.54) is 5.56 Å². The van der Waals surface area contributed by atoms with Gasteiger partial charge in [-0.3, -0.25) is 9.69 Å². The number of ether oxygens (including phenoxy) is 2. The molecule has 4 nitrogen and oxygen atoms in total. The number of hydrogen-bond acceptors (Lipinski definition) is 4. The summed E-state index contributed by atoms with van der Waals surface area (Å²) in [6.07, 6.45) is 2.68. The Morgan fingerprint density at radius 2 is 1.88 bits per heavy atom. The highest BCUT2D eigenvalue weighted by Crippen LogP contribution is 2.44. The van der Waals surface area contributed by atoms with E-state index in [-0.39, 0.29) is 5.78 Å². The van der Waals surface area contributed by atoms with Crippen LogP contribution in [0, 0.1) is 6.92 Å². The van der Waals surface area contributed by atoms with Crippen LogP contribution in [0.5, 0.6) is 11.5 Å². The monoisotopic (exact) mass is 509 g/mol. The lowest BCUT2D eigenvalue weighted by Crippen LogP contribution is -2.33. The maximum absolute atomic E-state index is 13.1. The minimum absolute atomic E-state index is 0.0819. The Balaban J connectivity index is 1.39. The summed E-state index contributed by atoms with van der Waals surface area (Å²) < 4.78 is 13.2. The van der Waals surface area contributed by atoms with E-state index in [4.69, 9.17) is 21.1 Å². The molecule has 0 aliphatic carbocycles. The standard InChI is InChI=1S/C26H21BrClNO3/c1-16-12-22-21(14-29(15-31-22)11-10-17-4-8-20(28)9-5-17)26-24(16)25(30)23(32-26)13-18-2-6-19(27)7-3-18/h2-9,12-13H,10-11,14-15H2,1H3/b23-13+. The lowest BCUT2D eigenvalue weighted by atomic mass is 9.98. The zero-order valence-electron chi connectivity index (χ0n) is 17.5. The third-order valence-corrected chi connectivity index (χ3v) is 6.57. The highest BCUT2D eigenvalue weighted by atomic mass is 79.9. The molecule has 0 spiro atoms. The topological polar surface area (TPSA) is 38.8 Å². The lowest BCUT2D eigenvalue weighted by molar-refractivity contribution is 0.0949. The number of halogens is 2. The molecule has 0 fully saturated rings. The Labute approximate surface area is 200 Å². The van der Waals surface area contributed by atoms with Crippen molar-refractivity contribution in [2.75, 3.05) is 13.3 Å². The average Bonchev–Trinajstić information content (AvgIpc) is 3.12. The van der Waals surface area contributed by atoms with Crippen LogP contribution in [0.15, 0.2) is 64.8 Å². The van der Waals surface area contributed by atoms with E-state index < -0.39 is 0 Å². The van der Waals surface area contributed by atoms with Crippen molar-refractivity contribution in [2.24, 2.45) is 0 Å². The minimum atomic E-state index is -0.0819. The highest BCUT2D eigenvalue weighted by molar-refractivity contribution is 9.10. The van der Waals surface area contributed by atoms with E-state index in [0.717, 1.165) is 44.9 Å². The maximum Gasteiger partial charge on any atom is 0.232 e. The van der Waals surface area contributed by atoms with Gasteiger partial charge in [-0.25, -0.2) is 0 Å². The van der Waals surface area contributed by atoms with E-state index in [0.29, 0.717) is 30.3 Å². The first-order valence-electron chi connectivity index (χ1n) is 10.4. The van der Waals surface area contributed by atoms with E-state index in [1.54, 1.807) is 6.08 Å². The van der Waals surface area contributed by atoms with Crippen LogP contribution < -0.4 is 9.47 Å². The van der Waals surface area contributed by atoms with Crippen molar-refractivity contribution in [3.63, 3.8) is 0 Å². The molecule has 32 heavy (non-hydrogen) atoms. The third-order valence-electron chi connectivity index (χ3n) is 5.79. The van der Waals surface area contributed by atoms with Crippen molar-refractivity contribution in [2.45, 2.75) is 19.9 Å². The molecule has 0 radical (unpaired) electrons. The molecule has 0 atom stereocenters. The van der Waals surface area contributed by atoms with Crippen LogP contribution in [0.4, 0.5) is 0 Å². The van der Waals surface area contributed by atoms with Crippen LogP contribution >= 0.6 is 27.5 Å².